The van der Waals surface area contributed by atoms with Gasteiger partial charge in [-0.2, -0.15) is 0 Å². The molecular formula is C15H30N2O. The van der Waals surface area contributed by atoms with Crippen LogP contribution in [0.3, 0.4) is 0 Å². The van der Waals surface area contributed by atoms with Gasteiger partial charge in [-0.15, -0.1) is 0 Å². The fourth-order valence-electron chi connectivity index (χ4n) is 3.69. The Morgan fingerprint density at radius 1 is 1.22 bits per heavy atom. The molecule has 0 aromatic rings. The number of amides is 1. The summed E-state index contributed by atoms with van der Waals surface area (Å²) in [5.74, 6) is 0.228. The third-order valence-electron chi connectivity index (χ3n) is 3.86. The Kier molecular flexibility index (Phi) is 4.82. The Labute approximate surface area is 112 Å². The lowest BCUT2D eigenvalue weighted by Crippen LogP contribution is -2.48. The normalized spacial score (nSPS) is 24.6. The van der Waals surface area contributed by atoms with E-state index in [1.807, 2.05) is 14.0 Å². The van der Waals surface area contributed by atoms with Gasteiger partial charge in [0, 0.05) is 18.5 Å². The minimum atomic E-state index is 0.0446. The largest absolute Gasteiger partial charge is 0.353 e. The van der Waals surface area contributed by atoms with Crippen LogP contribution in [0.5, 0.6) is 0 Å². The molecule has 0 spiro atoms. The Balaban J connectivity index is 2.59. The van der Waals surface area contributed by atoms with Crippen LogP contribution in [0, 0.1) is 16.7 Å². The van der Waals surface area contributed by atoms with E-state index >= 15 is 0 Å². The molecule has 2 N–H and O–H groups in total. The van der Waals surface area contributed by atoms with E-state index in [-0.39, 0.29) is 11.8 Å². The van der Waals surface area contributed by atoms with E-state index in [1.165, 1.54) is 6.42 Å². The van der Waals surface area contributed by atoms with Crippen LogP contribution in [-0.2, 0) is 4.79 Å². The molecule has 1 saturated carbocycles. The van der Waals surface area contributed by atoms with Crippen molar-refractivity contribution >= 4 is 5.91 Å². The monoisotopic (exact) mass is 254 g/mol. The van der Waals surface area contributed by atoms with E-state index in [4.69, 9.17) is 0 Å². The van der Waals surface area contributed by atoms with Crippen LogP contribution in [0.4, 0.5) is 0 Å². The number of carbonyl (C=O) groups excluding carboxylic acids is 1. The van der Waals surface area contributed by atoms with E-state index in [1.54, 1.807) is 0 Å². The minimum Gasteiger partial charge on any atom is -0.353 e. The van der Waals surface area contributed by atoms with Crippen LogP contribution in [0.2, 0.25) is 0 Å². The number of nitrogens with one attached hydrogen (secondary N) is 2. The highest BCUT2D eigenvalue weighted by atomic mass is 16.1. The summed E-state index contributed by atoms with van der Waals surface area (Å²) in [5.41, 5.74) is 0.651. The van der Waals surface area contributed by atoms with Gasteiger partial charge in [0.15, 0.2) is 0 Å². The van der Waals surface area contributed by atoms with Gasteiger partial charge >= 0.3 is 0 Å². The van der Waals surface area contributed by atoms with Crippen molar-refractivity contribution in [2.24, 2.45) is 16.7 Å². The number of rotatable bonds is 4. The molecule has 1 amide bonds. The second-order valence-corrected chi connectivity index (χ2v) is 7.58. The standard InChI is InChI=1S/C15H30N2O/c1-11(9-16-6)13(18)17-12-7-14(2,3)10-15(4,5)8-12/h11-12,16H,7-10H2,1-6H3,(H,17,18). The average Bonchev–Trinajstić information content (AvgIpc) is 2.12. The molecule has 1 unspecified atom stereocenters. The Morgan fingerprint density at radius 3 is 2.17 bits per heavy atom. The highest BCUT2D eigenvalue weighted by Crippen LogP contribution is 2.45. The van der Waals surface area contributed by atoms with Crippen molar-refractivity contribution in [3.8, 4) is 0 Å². The first-order valence-electron chi connectivity index (χ1n) is 7.10. The van der Waals surface area contributed by atoms with Crippen LogP contribution in [0.25, 0.3) is 0 Å². The number of hydrogen-bond acceptors (Lipinski definition) is 2. The number of carbonyl (C=O) groups is 1. The van der Waals surface area contributed by atoms with Gasteiger partial charge in [-0.25, -0.2) is 0 Å². The van der Waals surface area contributed by atoms with Crippen LogP contribution in [0.1, 0.15) is 53.9 Å². The van der Waals surface area contributed by atoms with Gasteiger partial charge in [-0.1, -0.05) is 34.6 Å². The summed E-state index contributed by atoms with van der Waals surface area (Å²) in [5, 5.41) is 6.29. The van der Waals surface area contributed by atoms with Crippen LogP contribution in [0.15, 0.2) is 0 Å². The van der Waals surface area contributed by atoms with Crippen LogP contribution >= 0.6 is 0 Å². The van der Waals surface area contributed by atoms with E-state index in [9.17, 15) is 4.79 Å². The molecule has 0 aromatic carbocycles. The zero-order chi connectivity index (χ0) is 14.0. The van der Waals surface area contributed by atoms with Gasteiger partial charge in [0.1, 0.15) is 0 Å². The van der Waals surface area contributed by atoms with E-state index in [0.29, 0.717) is 16.9 Å². The topological polar surface area (TPSA) is 41.1 Å². The zero-order valence-corrected chi connectivity index (χ0v) is 12.9. The fraction of sp³-hybridized carbons (Fsp3) is 0.933. The van der Waals surface area contributed by atoms with Gasteiger partial charge in [-0.05, 0) is 37.1 Å². The molecule has 0 radical (unpaired) electrons. The average molecular weight is 254 g/mol. The molecule has 1 fully saturated rings. The van der Waals surface area contributed by atoms with Crippen molar-refractivity contribution in [1.29, 1.82) is 0 Å². The summed E-state index contributed by atoms with van der Waals surface area (Å²) in [6.45, 7) is 12.0. The lowest BCUT2D eigenvalue weighted by Gasteiger charge is -2.45. The molecule has 18 heavy (non-hydrogen) atoms. The smallest absolute Gasteiger partial charge is 0.224 e. The lowest BCUT2D eigenvalue weighted by molar-refractivity contribution is -0.125. The number of hydrogen-bond donors (Lipinski definition) is 2. The van der Waals surface area contributed by atoms with Crippen molar-refractivity contribution in [3.05, 3.63) is 0 Å². The van der Waals surface area contributed by atoms with Gasteiger partial charge in [0.05, 0.1) is 0 Å². The highest BCUT2D eigenvalue weighted by molar-refractivity contribution is 5.78. The highest BCUT2D eigenvalue weighted by Gasteiger charge is 2.39. The minimum absolute atomic E-state index is 0.0446. The SMILES string of the molecule is CNCC(C)C(=O)NC1CC(C)(C)CC(C)(C)C1. The van der Waals surface area contributed by atoms with Crippen molar-refractivity contribution in [2.45, 2.75) is 59.9 Å². The molecule has 1 aliphatic carbocycles. The van der Waals surface area contributed by atoms with Gasteiger partial charge in [0.2, 0.25) is 5.91 Å². The first-order valence-corrected chi connectivity index (χ1v) is 7.10. The van der Waals surface area contributed by atoms with E-state index < -0.39 is 0 Å². The summed E-state index contributed by atoms with van der Waals surface area (Å²) in [4.78, 5) is 12.1. The second-order valence-electron chi connectivity index (χ2n) is 7.58. The van der Waals surface area contributed by atoms with Gasteiger partial charge in [0.25, 0.3) is 0 Å². The lowest BCUT2D eigenvalue weighted by atomic mass is 9.63. The summed E-state index contributed by atoms with van der Waals surface area (Å²) >= 11 is 0. The molecular weight excluding hydrogens is 224 g/mol. The van der Waals surface area contributed by atoms with E-state index in [2.05, 4.69) is 38.3 Å². The quantitative estimate of drug-likeness (QED) is 0.809. The molecule has 1 atom stereocenters. The molecule has 0 aromatic heterocycles. The zero-order valence-electron chi connectivity index (χ0n) is 12.9. The third kappa shape index (κ3) is 4.60. The predicted octanol–water partition coefficient (Wildman–Crippen LogP) is 2.56. The molecule has 1 rings (SSSR count). The van der Waals surface area contributed by atoms with Gasteiger partial charge < -0.3 is 10.6 Å². The van der Waals surface area contributed by atoms with Crippen LogP contribution < -0.4 is 10.6 Å². The summed E-state index contributed by atoms with van der Waals surface area (Å²) in [7, 11) is 1.89. The molecule has 3 heteroatoms. The Bertz CT molecular complexity index is 281. The first kappa shape index (κ1) is 15.5. The van der Waals surface area contributed by atoms with Gasteiger partial charge in [-0.3, -0.25) is 4.79 Å². The van der Waals surface area contributed by atoms with Crippen molar-refractivity contribution in [2.75, 3.05) is 13.6 Å². The van der Waals surface area contributed by atoms with Crippen molar-refractivity contribution in [3.63, 3.8) is 0 Å². The van der Waals surface area contributed by atoms with Crippen LogP contribution in [-0.4, -0.2) is 25.5 Å². The maximum Gasteiger partial charge on any atom is 0.224 e. The second kappa shape index (κ2) is 5.60. The maximum absolute atomic E-state index is 12.1. The van der Waals surface area contributed by atoms with E-state index in [0.717, 1.165) is 19.4 Å². The maximum atomic E-state index is 12.1. The van der Waals surface area contributed by atoms with Crippen molar-refractivity contribution < 1.29 is 4.79 Å². The molecule has 3 nitrogen and oxygen atoms in total. The third-order valence-corrected chi connectivity index (χ3v) is 3.86. The summed E-state index contributed by atoms with van der Waals surface area (Å²) in [6.07, 6.45) is 3.42. The molecule has 1 aliphatic rings. The molecule has 0 saturated heterocycles. The molecule has 0 bridgehead atoms. The molecule has 0 heterocycles. The molecule has 106 valence electrons. The Morgan fingerprint density at radius 2 is 1.72 bits per heavy atom. The summed E-state index contributed by atoms with van der Waals surface area (Å²) in [6, 6.07) is 0.329. The summed E-state index contributed by atoms with van der Waals surface area (Å²) < 4.78 is 0. The fourth-order valence-corrected chi connectivity index (χ4v) is 3.69. The molecule has 0 aliphatic heterocycles. The van der Waals surface area contributed by atoms with Crippen molar-refractivity contribution in [1.82, 2.24) is 10.6 Å². The Hall–Kier alpha value is -0.570. The predicted molar refractivity (Wildman–Crippen MR) is 76.4 cm³/mol. The first-order chi connectivity index (χ1) is 8.15.